The molecule has 0 unspecified atom stereocenters. The van der Waals surface area contributed by atoms with E-state index in [1.165, 1.54) is 6.92 Å². The van der Waals surface area contributed by atoms with Gasteiger partial charge in [-0.3, -0.25) is 4.79 Å². The lowest BCUT2D eigenvalue weighted by atomic mass is 9.77. The van der Waals surface area contributed by atoms with Crippen LogP contribution < -0.4 is 5.32 Å². The highest BCUT2D eigenvalue weighted by Gasteiger charge is 2.33. The first kappa shape index (κ1) is 19.5. The number of halogens is 3. The van der Waals surface area contributed by atoms with Crippen LogP contribution in [0.4, 0.5) is 18.9 Å². The van der Waals surface area contributed by atoms with Gasteiger partial charge in [0, 0.05) is 24.0 Å². The van der Waals surface area contributed by atoms with Crippen LogP contribution in [0.15, 0.2) is 48.7 Å². The molecule has 1 saturated carbocycles. The molecule has 7 heteroatoms. The molecular formula is C22H21F3N2O2. The molecule has 3 aromatic rings. The topological polar surface area (TPSA) is 54.1 Å². The van der Waals surface area contributed by atoms with Crippen molar-refractivity contribution in [2.45, 2.75) is 44.6 Å². The van der Waals surface area contributed by atoms with E-state index in [0.717, 1.165) is 52.7 Å². The second-order valence-electron chi connectivity index (χ2n) is 7.48. The number of carbonyl (C=O) groups excluding carboxylic acids is 1. The second-order valence-corrected chi connectivity index (χ2v) is 7.48. The Kier molecular flexibility index (Phi) is 5.08. The molecule has 0 radical (unpaired) electrons. The van der Waals surface area contributed by atoms with E-state index in [1.54, 1.807) is 18.3 Å². The molecule has 0 aliphatic heterocycles. The summed E-state index contributed by atoms with van der Waals surface area (Å²) in [6.07, 6.45) is -0.843. The fourth-order valence-corrected chi connectivity index (χ4v) is 3.68. The van der Waals surface area contributed by atoms with Crippen molar-refractivity contribution in [1.82, 2.24) is 4.98 Å². The van der Waals surface area contributed by atoms with E-state index >= 15 is 0 Å². The summed E-state index contributed by atoms with van der Waals surface area (Å²) in [5.41, 5.74) is 2.98. The van der Waals surface area contributed by atoms with Crippen molar-refractivity contribution in [1.29, 1.82) is 0 Å². The van der Waals surface area contributed by atoms with Crippen molar-refractivity contribution in [2.75, 3.05) is 5.32 Å². The Hall–Kier alpha value is -2.80. The van der Waals surface area contributed by atoms with Gasteiger partial charge in [0.05, 0.1) is 24.0 Å². The van der Waals surface area contributed by atoms with Crippen LogP contribution in [0.1, 0.15) is 42.4 Å². The Morgan fingerprint density at radius 2 is 1.90 bits per heavy atom. The van der Waals surface area contributed by atoms with E-state index in [1.807, 2.05) is 18.2 Å². The maximum Gasteiger partial charge on any atom is 0.416 e. The Morgan fingerprint density at radius 3 is 2.55 bits per heavy atom. The Balaban J connectivity index is 1.32. The van der Waals surface area contributed by atoms with E-state index in [2.05, 4.69) is 10.3 Å². The molecule has 0 bridgehead atoms. The number of fused-ring (bicyclic) bond motifs is 1. The number of rotatable bonds is 5. The fourth-order valence-electron chi connectivity index (χ4n) is 3.68. The van der Waals surface area contributed by atoms with Crippen molar-refractivity contribution in [3.8, 4) is 0 Å². The van der Waals surface area contributed by atoms with Crippen molar-refractivity contribution in [2.24, 2.45) is 0 Å². The summed E-state index contributed by atoms with van der Waals surface area (Å²) in [5.74, 6) is 0.108. The smallest absolute Gasteiger partial charge is 0.373 e. The van der Waals surface area contributed by atoms with E-state index in [9.17, 15) is 18.0 Å². The molecule has 1 heterocycles. The molecule has 1 aliphatic carbocycles. The molecule has 0 spiro atoms. The van der Waals surface area contributed by atoms with Gasteiger partial charge in [0.15, 0.2) is 0 Å². The molecule has 1 fully saturated rings. The average Bonchev–Trinajstić information content (AvgIpc) is 3.02. The third kappa shape index (κ3) is 4.29. The number of carbonyl (C=O) groups is 1. The summed E-state index contributed by atoms with van der Waals surface area (Å²) in [5, 5.41) is 3.73. The number of ether oxygens (including phenoxy) is 1. The summed E-state index contributed by atoms with van der Waals surface area (Å²) in [7, 11) is 0. The minimum absolute atomic E-state index is 0.0963. The predicted octanol–water partition coefficient (Wildman–Crippen LogP) is 5.61. The molecule has 2 N–H and O–H groups in total. The van der Waals surface area contributed by atoms with Crippen LogP contribution in [0.3, 0.4) is 0 Å². The number of hydrogen-bond donors (Lipinski definition) is 2. The first-order valence-corrected chi connectivity index (χ1v) is 9.46. The normalized spacial score (nSPS) is 19.2. The summed E-state index contributed by atoms with van der Waals surface area (Å²) < 4.78 is 43.9. The monoisotopic (exact) mass is 402 g/mol. The molecule has 4 nitrogen and oxygen atoms in total. The molecular weight excluding hydrogens is 381 g/mol. The summed E-state index contributed by atoms with van der Waals surface area (Å²) in [4.78, 5) is 14.4. The molecule has 2 aromatic carbocycles. The lowest BCUT2D eigenvalue weighted by Crippen LogP contribution is -2.29. The van der Waals surface area contributed by atoms with Crippen molar-refractivity contribution < 1.29 is 22.7 Å². The highest BCUT2D eigenvalue weighted by atomic mass is 19.4. The minimum Gasteiger partial charge on any atom is -0.373 e. The Morgan fingerprint density at radius 1 is 1.17 bits per heavy atom. The van der Waals surface area contributed by atoms with Crippen molar-refractivity contribution in [3.05, 3.63) is 65.4 Å². The van der Waals surface area contributed by atoms with Crippen molar-refractivity contribution in [3.63, 3.8) is 0 Å². The first-order chi connectivity index (χ1) is 13.8. The molecule has 29 heavy (non-hydrogen) atoms. The molecule has 0 atom stereocenters. The molecule has 4 rings (SSSR count). The van der Waals surface area contributed by atoms with E-state index < -0.39 is 11.7 Å². The molecule has 1 amide bonds. The van der Waals surface area contributed by atoms with E-state index in [4.69, 9.17) is 4.74 Å². The van der Waals surface area contributed by atoms with Gasteiger partial charge in [-0.1, -0.05) is 18.2 Å². The summed E-state index contributed by atoms with van der Waals surface area (Å²) in [6.45, 7) is 1.92. The van der Waals surface area contributed by atoms with Gasteiger partial charge in [-0.05, 0) is 54.2 Å². The van der Waals surface area contributed by atoms with Gasteiger partial charge in [0.2, 0.25) is 5.91 Å². The molecule has 152 valence electrons. The van der Waals surface area contributed by atoms with Gasteiger partial charge in [0.25, 0.3) is 0 Å². The van der Waals surface area contributed by atoms with E-state index in [0.29, 0.717) is 6.61 Å². The van der Waals surface area contributed by atoms with Gasteiger partial charge in [-0.15, -0.1) is 0 Å². The zero-order valence-electron chi connectivity index (χ0n) is 15.8. The maximum atomic E-state index is 12.7. The highest BCUT2D eigenvalue weighted by molar-refractivity contribution is 6.01. The number of hydrogen-bond acceptors (Lipinski definition) is 2. The highest BCUT2D eigenvalue weighted by Crippen LogP contribution is 2.40. The fraction of sp³-hybridized carbons (Fsp3) is 0.318. The summed E-state index contributed by atoms with van der Waals surface area (Å²) in [6, 6.07) is 11.3. The lowest BCUT2D eigenvalue weighted by molar-refractivity contribution is -0.137. The van der Waals surface area contributed by atoms with Gasteiger partial charge < -0.3 is 15.0 Å². The quantitative estimate of drug-likeness (QED) is 0.583. The average molecular weight is 402 g/mol. The zero-order valence-corrected chi connectivity index (χ0v) is 15.8. The number of aromatic amines is 1. The van der Waals surface area contributed by atoms with Crippen molar-refractivity contribution >= 4 is 22.5 Å². The summed E-state index contributed by atoms with van der Waals surface area (Å²) >= 11 is 0. The van der Waals surface area contributed by atoms with Crippen LogP contribution in [0.5, 0.6) is 0 Å². The lowest BCUT2D eigenvalue weighted by Gasteiger charge is -2.35. The second kappa shape index (κ2) is 7.55. The maximum absolute atomic E-state index is 12.7. The standard InChI is InChI=1S/C22H21F3N2O2/c1-13(28)27-21-11-26-20-7-2-14(8-19(20)21)12-29-18-9-16(10-18)15-3-5-17(6-4-15)22(23,24)25/h2-8,11,16,18,26H,9-10,12H2,1H3,(H,27,28)/t16-,18-. The zero-order chi connectivity index (χ0) is 20.6. The number of anilines is 1. The van der Waals surface area contributed by atoms with Crippen LogP contribution in [-0.2, 0) is 22.3 Å². The van der Waals surface area contributed by atoms with Crippen LogP contribution in [-0.4, -0.2) is 17.0 Å². The number of benzene rings is 2. The predicted molar refractivity (Wildman–Crippen MR) is 105 cm³/mol. The van der Waals surface area contributed by atoms with Gasteiger partial charge in [-0.25, -0.2) is 0 Å². The SMILES string of the molecule is CC(=O)Nc1c[nH]c2ccc(CO[C@H]3C[C@H](c4ccc(C(F)(F)F)cc4)C3)cc12. The Labute approximate surface area is 166 Å². The van der Waals surface area contributed by atoms with Crippen LogP contribution in [0.2, 0.25) is 0 Å². The minimum atomic E-state index is -4.30. The number of aromatic nitrogens is 1. The third-order valence-corrected chi connectivity index (χ3v) is 5.35. The molecule has 1 aromatic heterocycles. The molecule has 0 saturated heterocycles. The van der Waals surface area contributed by atoms with E-state index in [-0.39, 0.29) is 17.9 Å². The number of amides is 1. The van der Waals surface area contributed by atoms with Crippen LogP contribution >= 0.6 is 0 Å². The molecule has 1 aliphatic rings. The van der Waals surface area contributed by atoms with Crippen LogP contribution in [0.25, 0.3) is 10.9 Å². The van der Waals surface area contributed by atoms with Gasteiger partial charge >= 0.3 is 6.18 Å². The number of H-pyrrole nitrogens is 1. The van der Waals surface area contributed by atoms with Gasteiger partial charge in [0.1, 0.15) is 0 Å². The first-order valence-electron chi connectivity index (χ1n) is 9.46. The van der Waals surface area contributed by atoms with Crippen LogP contribution in [0, 0.1) is 0 Å². The van der Waals surface area contributed by atoms with Gasteiger partial charge in [-0.2, -0.15) is 13.2 Å². The third-order valence-electron chi connectivity index (χ3n) is 5.35. The number of nitrogens with one attached hydrogen (secondary N) is 2. The largest absolute Gasteiger partial charge is 0.416 e. The Bertz CT molecular complexity index is 1020. The number of alkyl halides is 3.